The first-order valence-corrected chi connectivity index (χ1v) is 17.8. The molecule has 256 valence electrons. The summed E-state index contributed by atoms with van der Waals surface area (Å²) >= 11 is 0. The third-order valence-electron chi connectivity index (χ3n) is 11.1. The van der Waals surface area contributed by atoms with E-state index >= 15 is 0 Å². The van der Waals surface area contributed by atoms with Gasteiger partial charge in [-0.25, -0.2) is 4.57 Å². The minimum Gasteiger partial charge on any atom is -0.453 e. The van der Waals surface area contributed by atoms with Gasteiger partial charge in [-0.1, -0.05) is 134 Å². The van der Waals surface area contributed by atoms with Gasteiger partial charge in [0.25, 0.3) is 0 Å². The van der Waals surface area contributed by atoms with Crippen molar-refractivity contribution in [2.45, 2.75) is 48.2 Å². The molecule has 0 bridgehead atoms. The fourth-order valence-electron chi connectivity index (χ4n) is 8.67. The van der Waals surface area contributed by atoms with E-state index in [1.165, 1.54) is 6.20 Å². The number of fused-ring (bicyclic) bond motifs is 5. The highest BCUT2D eigenvalue weighted by Crippen LogP contribution is 2.38. The summed E-state index contributed by atoms with van der Waals surface area (Å²) in [5.41, 5.74) is 8.84. The van der Waals surface area contributed by atoms with Crippen LogP contribution in [0.15, 0.2) is 120 Å². The highest BCUT2D eigenvalue weighted by molar-refractivity contribution is 7.11. The van der Waals surface area contributed by atoms with Gasteiger partial charge in [-0.15, -0.1) is 0 Å². The molecule has 4 heterocycles. The lowest BCUT2D eigenvalue weighted by molar-refractivity contribution is -0.660. The smallest absolute Gasteiger partial charge is 0.240 e. The van der Waals surface area contributed by atoms with Crippen molar-refractivity contribution in [3.05, 3.63) is 154 Å². The maximum atomic E-state index is 9.14. The molecule has 1 aliphatic rings. The van der Waals surface area contributed by atoms with Crippen LogP contribution in [0, 0.1) is 48.2 Å². The Morgan fingerprint density at radius 3 is 1.87 bits per heavy atom. The second-order valence-corrected chi connectivity index (χ2v) is 14.3. The molecule has 3 aromatic heterocycles. The Morgan fingerprint density at radius 2 is 1.21 bits per heavy atom. The van der Waals surface area contributed by atoms with Crippen molar-refractivity contribution in [2.24, 2.45) is 7.05 Å². The van der Waals surface area contributed by atoms with Crippen LogP contribution in [-0.2, 0) is 7.05 Å². The molecular formula is C48H43B2N2O+. The lowest BCUT2D eigenvalue weighted by atomic mass is 9.20. The zero-order valence-electron chi connectivity index (χ0n) is 41.9. The summed E-state index contributed by atoms with van der Waals surface area (Å²) in [6.45, 7) is -6.66. The third-order valence-corrected chi connectivity index (χ3v) is 11.1. The van der Waals surface area contributed by atoms with Gasteiger partial charge in [0, 0.05) is 39.7 Å². The fraction of sp³-hybridized carbons (Fsp3) is 0.167. The van der Waals surface area contributed by atoms with E-state index in [1.807, 2.05) is 75.4 Å². The SMILES string of the molecule is [2H]C([2H])([2H])c1cc2c(cc1-c1cc(-c3c(C)ccc4c3oc3cccnc34)[n+](C)cc1C([2H])([2H])[2H])B(c1c(C)cccc1C([2H])([2H])[2H])c1ccccc1B2c1c(C)cccc1C([2H])([2H])[2H]. The Bertz CT molecular complexity index is 3240. The summed E-state index contributed by atoms with van der Waals surface area (Å²) in [5, 5.41) is 0.753. The molecule has 0 saturated heterocycles. The number of aryl methyl sites for hydroxylation is 8. The van der Waals surface area contributed by atoms with Crippen LogP contribution in [0.25, 0.3) is 44.5 Å². The van der Waals surface area contributed by atoms with Gasteiger partial charge in [-0.05, 0) is 88.6 Å². The maximum Gasteiger partial charge on any atom is 0.240 e. The van der Waals surface area contributed by atoms with Gasteiger partial charge < -0.3 is 4.42 Å². The van der Waals surface area contributed by atoms with Crippen molar-refractivity contribution in [1.29, 1.82) is 0 Å². The van der Waals surface area contributed by atoms with Gasteiger partial charge in [-0.3, -0.25) is 4.98 Å². The van der Waals surface area contributed by atoms with Gasteiger partial charge in [0.15, 0.2) is 17.4 Å². The van der Waals surface area contributed by atoms with Crippen molar-refractivity contribution in [1.82, 2.24) is 4.98 Å². The number of hydrogen-bond acceptors (Lipinski definition) is 2. The summed E-state index contributed by atoms with van der Waals surface area (Å²) in [5.74, 6) is 0. The zero-order valence-corrected chi connectivity index (χ0v) is 29.9. The number of nitrogens with zero attached hydrogens (tertiary/aromatic N) is 2. The second kappa shape index (κ2) is 12.5. The summed E-state index contributed by atoms with van der Waals surface area (Å²) in [7, 11) is 1.74. The van der Waals surface area contributed by atoms with E-state index in [9.17, 15) is 0 Å². The maximum absolute atomic E-state index is 9.14. The van der Waals surface area contributed by atoms with E-state index in [1.54, 1.807) is 66.3 Å². The monoisotopic (exact) mass is 697 g/mol. The van der Waals surface area contributed by atoms with Crippen LogP contribution >= 0.6 is 0 Å². The Hall–Kier alpha value is -5.67. The molecule has 0 amide bonds. The second-order valence-electron chi connectivity index (χ2n) is 14.3. The Morgan fingerprint density at radius 1 is 0.585 bits per heavy atom. The predicted molar refractivity (Wildman–Crippen MR) is 225 cm³/mol. The molecule has 8 aromatic rings. The molecule has 3 nitrogen and oxygen atoms in total. The number of benzene rings is 5. The minimum atomic E-state index is -2.82. The van der Waals surface area contributed by atoms with E-state index in [4.69, 9.17) is 20.9 Å². The molecule has 0 aliphatic carbocycles. The van der Waals surface area contributed by atoms with Crippen LogP contribution in [0.4, 0.5) is 0 Å². The molecule has 0 radical (unpaired) electrons. The van der Waals surface area contributed by atoms with Crippen molar-refractivity contribution in [2.75, 3.05) is 0 Å². The first kappa shape index (κ1) is 22.4. The molecule has 0 atom stereocenters. The first-order chi connectivity index (χ1) is 30.5. The van der Waals surface area contributed by atoms with Crippen molar-refractivity contribution >= 4 is 68.3 Å². The van der Waals surface area contributed by atoms with Crippen molar-refractivity contribution < 1.29 is 25.4 Å². The molecule has 53 heavy (non-hydrogen) atoms. The Labute approximate surface area is 330 Å². The van der Waals surface area contributed by atoms with Crippen LogP contribution in [0.1, 0.15) is 55.4 Å². The average Bonchev–Trinajstić information content (AvgIpc) is 3.60. The predicted octanol–water partition coefficient (Wildman–Crippen LogP) is 6.64. The van der Waals surface area contributed by atoms with E-state index in [0.29, 0.717) is 71.8 Å². The number of pyridine rings is 2. The van der Waals surface area contributed by atoms with Crippen LogP contribution < -0.4 is 37.3 Å². The molecule has 0 fully saturated rings. The van der Waals surface area contributed by atoms with Gasteiger partial charge in [0.05, 0.1) is 5.56 Å². The molecule has 0 N–H and O–H groups in total. The van der Waals surface area contributed by atoms with Crippen molar-refractivity contribution in [3.63, 3.8) is 0 Å². The summed E-state index contributed by atoms with van der Waals surface area (Å²) in [6.07, 6.45) is 3.20. The number of rotatable bonds is 4. The van der Waals surface area contributed by atoms with E-state index in [2.05, 4.69) is 4.98 Å². The molecule has 5 heteroatoms. The molecule has 5 aromatic carbocycles. The first-order valence-electron chi connectivity index (χ1n) is 23.8. The number of furan rings is 1. The molecule has 0 spiro atoms. The number of hydrogen-bond donors (Lipinski definition) is 0. The molecular weight excluding hydrogens is 642 g/mol. The molecule has 1 aliphatic heterocycles. The lowest BCUT2D eigenvalue weighted by Crippen LogP contribution is -2.76. The largest absolute Gasteiger partial charge is 0.453 e. The molecule has 0 saturated carbocycles. The highest BCUT2D eigenvalue weighted by atomic mass is 16.3. The van der Waals surface area contributed by atoms with Gasteiger partial charge in [0.1, 0.15) is 12.6 Å². The Balaban J connectivity index is 1.45. The normalized spacial score (nSPS) is 16.8. The van der Waals surface area contributed by atoms with Crippen molar-refractivity contribution in [3.8, 4) is 22.4 Å². The van der Waals surface area contributed by atoms with Crippen LogP contribution in [0.5, 0.6) is 0 Å². The topological polar surface area (TPSA) is 29.9 Å². The van der Waals surface area contributed by atoms with E-state index < -0.39 is 40.8 Å². The van der Waals surface area contributed by atoms with Gasteiger partial charge in [0.2, 0.25) is 19.1 Å². The summed E-state index contributed by atoms with van der Waals surface area (Å²) in [4.78, 5) is 4.57. The van der Waals surface area contributed by atoms with Crippen LogP contribution in [0.2, 0.25) is 0 Å². The number of aromatic nitrogens is 2. The van der Waals surface area contributed by atoms with Gasteiger partial charge in [-0.2, -0.15) is 0 Å². The Kier molecular flexibility index (Phi) is 5.28. The summed E-state index contributed by atoms with van der Waals surface area (Å²) < 4.78 is 114. The molecule has 0 unspecified atom stereocenters. The average molecular weight is 698 g/mol. The highest BCUT2D eigenvalue weighted by Gasteiger charge is 2.41. The molecule has 9 rings (SSSR count). The van der Waals surface area contributed by atoms with E-state index in [-0.39, 0.29) is 33.4 Å². The minimum absolute atomic E-state index is 0.0997. The third kappa shape index (κ3) is 5.12. The summed E-state index contributed by atoms with van der Waals surface area (Å²) in [6, 6.07) is 30.2. The fourth-order valence-corrected chi connectivity index (χ4v) is 8.67. The van der Waals surface area contributed by atoms with E-state index in [0.717, 1.165) is 10.9 Å². The van der Waals surface area contributed by atoms with Crippen LogP contribution in [0.3, 0.4) is 0 Å². The van der Waals surface area contributed by atoms with Gasteiger partial charge >= 0.3 is 0 Å². The quantitative estimate of drug-likeness (QED) is 0.153. The zero-order chi connectivity index (χ0) is 46.7. The lowest BCUT2D eigenvalue weighted by Gasteiger charge is -2.35. The van der Waals surface area contributed by atoms with Crippen LogP contribution in [-0.4, -0.2) is 18.4 Å². The standard InChI is InChI=1S/C48H43B2N2O/c1-28-21-22-35-47-43(20-13-23-51-47)53-48(35)44(28)42-26-37(34(7)27-52(42)8)36-25-41-40(24-33(36)6)49(45-29(2)14-11-15-30(45)3)38-18-9-10-19-39(38)50(41)46-31(4)16-12-17-32(46)5/h9-27H,1-8H3/q+1/i2D3,4D3,6D3,7D3.